The molecular formula is C19H29N7O3. The van der Waals surface area contributed by atoms with E-state index in [0.717, 1.165) is 30.1 Å². The molecule has 0 bridgehead atoms. The quantitative estimate of drug-likeness (QED) is 0.589. The number of nitrogens with zero attached hydrogens (tertiary/aromatic N) is 6. The molecule has 2 aromatic rings. The molecule has 4 N–H and O–H groups in total. The minimum atomic E-state index is -0.676. The number of carbonyl (C=O) groups excluding carboxylic acids is 1. The highest BCUT2D eigenvalue weighted by atomic mass is 16.3. The van der Waals surface area contributed by atoms with E-state index in [-0.39, 0.29) is 25.2 Å². The largest absolute Gasteiger partial charge is 0.396 e. The van der Waals surface area contributed by atoms with Gasteiger partial charge in [0.1, 0.15) is 6.33 Å². The molecule has 1 amide bonds. The fourth-order valence-corrected chi connectivity index (χ4v) is 4.42. The summed E-state index contributed by atoms with van der Waals surface area (Å²) in [7, 11) is 0. The number of nitrogens with two attached hydrogens (primary N) is 1. The van der Waals surface area contributed by atoms with Gasteiger partial charge in [0.25, 0.3) is 0 Å². The molecule has 4 rings (SSSR count). The first-order valence-electron chi connectivity index (χ1n) is 10.0. The Morgan fingerprint density at radius 1 is 1.17 bits per heavy atom. The number of rotatable bonds is 6. The van der Waals surface area contributed by atoms with Gasteiger partial charge in [0, 0.05) is 37.6 Å². The molecule has 2 fully saturated rings. The zero-order valence-corrected chi connectivity index (χ0v) is 17.0. The van der Waals surface area contributed by atoms with Gasteiger partial charge in [0.2, 0.25) is 5.91 Å². The van der Waals surface area contributed by atoms with E-state index in [1.165, 1.54) is 0 Å². The Bertz CT molecular complexity index is 892. The second-order valence-corrected chi connectivity index (χ2v) is 8.80. The van der Waals surface area contributed by atoms with E-state index < -0.39 is 11.0 Å². The lowest BCUT2D eigenvalue weighted by atomic mass is 9.66. The van der Waals surface area contributed by atoms with Crippen molar-refractivity contribution in [2.45, 2.75) is 38.3 Å². The van der Waals surface area contributed by atoms with Crippen LogP contribution in [0.25, 0.3) is 11.2 Å². The Balaban J connectivity index is 1.52. The van der Waals surface area contributed by atoms with Crippen molar-refractivity contribution in [1.29, 1.82) is 0 Å². The maximum absolute atomic E-state index is 11.7. The van der Waals surface area contributed by atoms with Crippen molar-refractivity contribution in [2.75, 3.05) is 44.3 Å². The highest BCUT2D eigenvalue weighted by Crippen LogP contribution is 2.48. The number of hydrogen-bond donors (Lipinski definition) is 3. The summed E-state index contributed by atoms with van der Waals surface area (Å²) >= 11 is 0. The van der Waals surface area contributed by atoms with Crippen molar-refractivity contribution in [1.82, 2.24) is 24.4 Å². The lowest BCUT2D eigenvalue weighted by Gasteiger charge is -2.45. The van der Waals surface area contributed by atoms with Crippen molar-refractivity contribution in [3.8, 4) is 0 Å². The zero-order valence-electron chi connectivity index (χ0n) is 17.0. The van der Waals surface area contributed by atoms with Gasteiger partial charge in [0.05, 0.1) is 25.1 Å². The van der Waals surface area contributed by atoms with Gasteiger partial charge >= 0.3 is 0 Å². The van der Waals surface area contributed by atoms with Gasteiger partial charge in [-0.05, 0) is 26.7 Å². The van der Waals surface area contributed by atoms with Gasteiger partial charge in [-0.15, -0.1) is 0 Å². The SMILES string of the molecule is CC(C)(C(N)=O)N1CCN(c2ncnc3c2ncn3C2CC(CO)(CO)C2)CC1. The monoisotopic (exact) mass is 403 g/mol. The van der Waals surface area contributed by atoms with Crippen LogP contribution in [0.4, 0.5) is 5.82 Å². The van der Waals surface area contributed by atoms with Crippen molar-refractivity contribution < 1.29 is 15.0 Å². The van der Waals surface area contributed by atoms with E-state index in [9.17, 15) is 15.0 Å². The summed E-state index contributed by atoms with van der Waals surface area (Å²) < 4.78 is 2.02. The minimum absolute atomic E-state index is 0.0151. The smallest absolute Gasteiger partial charge is 0.237 e. The van der Waals surface area contributed by atoms with Crippen LogP contribution in [0.5, 0.6) is 0 Å². The summed E-state index contributed by atoms with van der Waals surface area (Å²) in [4.78, 5) is 29.5. The van der Waals surface area contributed by atoms with E-state index in [4.69, 9.17) is 5.73 Å². The van der Waals surface area contributed by atoms with Gasteiger partial charge in [-0.1, -0.05) is 0 Å². The summed E-state index contributed by atoms with van der Waals surface area (Å²) in [5, 5.41) is 19.1. The maximum Gasteiger partial charge on any atom is 0.237 e. The molecule has 2 aliphatic rings. The molecule has 0 radical (unpaired) electrons. The predicted octanol–water partition coefficient (Wildman–Crippen LogP) is -0.482. The normalized spacial score (nSPS) is 20.8. The van der Waals surface area contributed by atoms with Crippen LogP contribution in [0.1, 0.15) is 32.7 Å². The lowest BCUT2D eigenvalue weighted by Crippen LogP contribution is -2.59. The van der Waals surface area contributed by atoms with E-state index >= 15 is 0 Å². The lowest BCUT2D eigenvalue weighted by molar-refractivity contribution is -0.128. The average Bonchev–Trinajstić information content (AvgIpc) is 3.12. The second kappa shape index (κ2) is 7.19. The number of anilines is 1. The highest BCUT2D eigenvalue weighted by Gasteiger charge is 2.45. The number of aromatic nitrogens is 4. The molecule has 0 atom stereocenters. The maximum atomic E-state index is 11.7. The van der Waals surface area contributed by atoms with Crippen LogP contribution in [0.2, 0.25) is 0 Å². The van der Waals surface area contributed by atoms with E-state index in [2.05, 4.69) is 24.8 Å². The zero-order chi connectivity index (χ0) is 20.8. The van der Waals surface area contributed by atoms with Gasteiger partial charge < -0.3 is 25.4 Å². The molecule has 2 aromatic heterocycles. The number of aliphatic hydroxyl groups excluding tert-OH is 2. The standard InChI is InChI=1S/C19H29N7O3/c1-18(2,17(20)29)25-5-3-24(4-6-25)15-14-16(22-11-21-15)26(12-23-14)13-7-19(8-13,9-27)10-28/h11-13,27-28H,3-10H2,1-2H3,(H2,20,29). The molecule has 10 nitrogen and oxygen atoms in total. The third kappa shape index (κ3) is 3.24. The third-order valence-corrected chi connectivity index (χ3v) is 6.71. The van der Waals surface area contributed by atoms with Crippen molar-refractivity contribution >= 4 is 22.9 Å². The Labute approximate surface area is 169 Å². The summed E-state index contributed by atoms with van der Waals surface area (Å²) in [5.74, 6) is 0.469. The van der Waals surface area contributed by atoms with E-state index in [1.54, 1.807) is 12.7 Å². The topological polar surface area (TPSA) is 134 Å². The van der Waals surface area contributed by atoms with Gasteiger partial charge in [-0.25, -0.2) is 15.0 Å². The first-order chi connectivity index (χ1) is 13.8. The third-order valence-electron chi connectivity index (χ3n) is 6.71. The van der Waals surface area contributed by atoms with Crippen molar-refractivity contribution in [3.05, 3.63) is 12.7 Å². The van der Waals surface area contributed by atoms with Crippen LogP contribution in [0.15, 0.2) is 12.7 Å². The number of hydrogen-bond acceptors (Lipinski definition) is 8. The van der Waals surface area contributed by atoms with Gasteiger partial charge in [-0.2, -0.15) is 0 Å². The van der Waals surface area contributed by atoms with Gasteiger partial charge in [0.15, 0.2) is 17.0 Å². The van der Waals surface area contributed by atoms with Crippen LogP contribution in [-0.2, 0) is 4.79 Å². The molecule has 3 heterocycles. The molecule has 1 aliphatic heterocycles. The highest BCUT2D eigenvalue weighted by molar-refractivity contribution is 5.84. The van der Waals surface area contributed by atoms with Crippen LogP contribution in [0, 0.1) is 5.41 Å². The van der Waals surface area contributed by atoms with Crippen LogP contribution >= 0.6 is 0 Å². The number of amides is 1. The summed E-state index contributed by atoms with van der Waals surface area (Å²) in [5.41, 5.74) is 5.99. The molecule has 0 aromatic carbocycles. The molecule has 1 saturated heterocycles. The molecule has 0 spiro atoms. The molecule has 10 heteroatoms. The minimum Gasteiger partial charge on any atom is -0.396 e. The number of primary amides is 1. The molecule has 1 saturated carbocycles. The van der Waals surface area contributed by atoms with Crippen molar-refractivity contribution in [2.24, 2.45) is 11.1 Å². The molecule has 0 unspecified atom stereocenters. The van der Waals surface area contributed by atoms with E-state index in [0.29, 0.717) is 25.9 Å². The number of aliphatic hydroxyl groups is 2. The van der Waals surface area contributed by atoms with Crippen LogP contribution < -0.4 is 10.6 Å². The fraction of sp³-hybridized carbons (Fsp3) is 0.684. The first kappa shape index (κ1) is 20.0. The van der Waals surface area contributed by atoms with E-state index in [1.807, 2.05) is 18.4 Å². The Hall–Kier alpha value is -2.30. The molecular weight excluding hydrogens is 374 g/mol. The molecule has 1 aliphatic carbocycles. The number of piperazine rings is 1. The van der Waals surface area contributed by atoms with Gasteiger partial charge in [-0.3, -0.25) is 9.69 Å². The summed E-state index contributed by atoms with van der Waals surface area (Å²) in [6, 6.07) is 0.162. The average molecular weight is 403 g/mol. The number of fused-ring (bicyclic) bond motifs is 1. The first-order valence-corrected chi connectivity index (χ1v) is 10.0. The number of carbonyl (C=O) groups is 1. The molecule has 158 valence electrons. The molecule has 29 heavy (non-hydrogen) atoms. The van der Waals surface area contributed by atoms with Crippen LogP contribution in [0.3, 0.4) is 0 Å². The number of imidazole rings is 1. The second-order valence-electron chi connectivity index (χ2n) is 8.80. The Morgan fingerprint density at radius 2 is 1.83 bits per heavy atom. The van der Waals surface area contributed by atoms with Crippen molar-refractivity contribution in [3.63, 3.8) is 0 Å². The fourth-order valence-electron chi connectivity index (χ4n) is 4.42. The predicted molar refractivity (Wildman–Crippen MR) is 107 cm³/mol. The summed E-state index contributed by atoms with van der Waals surface area (Å²) in [6.07, 6.45) is 4.73. The summed E-state index contributed by atoms with van der Waals surface area (Å²) in [6.45, 7) is 6.53. The van der Waals surface area contributed by atoms with Crippen LogP contribution in [-0.4, -0.2) is 85.5 Å². The Kier molecular flexibility index (Phi) is 4.96. The Morgan fingerprint density at radius 3 is 2.41 bits per heavy atom.